The molecule has 4 aromatic rings. The highest BCUT2D eigenvalue weighted by atomic mass is 19.1. The number of nitrogens with one attached hydrogen (secondary N) is 3. The van der Waals surface area contributed by atoms with Gasteiger partial charge in [-0.15, -0.1) is 0 Å². The van der Waals surface area contributed by atoms with Gasteiger partial charge in [0.05, 0.1) is 34.5 Å². The molecule has 0 aliphatic carbocycles. The summed E-state index contributed by atoms with van der Waals surface area (Å²) in [5.74, 6) is -0.0921. The summed E-state index contributed by atoms with van der Waals surface area (Å²) < 4.78 is 13.4. The molecule has 0 spiro atoms. The third kappa shape index (κ3) is 3.66. The Kier molecular flexibility index (Phi) is 5.04. The number of aryl methyl sites for hydroxylation is 1. The van der Waals surface area contributed by atoms with E-state index in [2.05, 4.69) is 26.3 Å². The van der Waals surface area contributed by atoms with Crippen molar-refractivity contribution in [1.29, 1.82) is 5.26 Å². The number of fused-ring (bicyclic) bond motifs is 1. The second-order valence-corrected chi connectivity index (χ2v) is 6.93. The number of nitrogens with zero attached hydrogens (tertiary/aromatic N) is 2. The first-order valence-corrected chi connectivity index (χ1v) is 9.26. The molecule has 0 saturated carbocycles. The smallest absolute Gasteiger partial charge is 0.261 e. The summed E-state index contributed by atoms with van der Waals surface area (Å²) in [7, 11) is 0. The molecule has 1 unspecified atom stereocenters. The zero-order valence-electron chi connectivity index (χ0n) is 16.0. The molecule has 0 aliphatic heterocycles. The minimum atomic E-state index is -0.969. The average Bonchev–Trinajstić information content (AvgIpc) is 3.16. The number of halogens is 1. The van der Waals surface area contributed by atoms with Crippen LogP contribution in [0, 0.1) is 24.1 Å². The lowest BCUT2D eigenvalue weighted by atomic mass is 10.1. The number of nitriles is 1. The minimum absolute atomic E-state index is 0.0672. The van der Waals surface area contributed by atoms with Crippen molar-refractivity contribution in [1.82, 2.24) is 15.0 Å². The van der Waals surface area contributed by atoms with Crippen LogP contribution in [0.25, 0.3) is 22.4 Å². The highest BCUT2D eigenvalue weighted by Gasteiger charge is 2.17. The number of aromatic nitrogens is 3. The van der Waals surface area contributed by atoms with Gasteiger partial charge in [-0.05, 0) is 48.4 Å². The molecule has 0 aliphatic rings. The van der Waals surface area contributed by atoms with Gasteiger partial charge in [0, 0.05) is 12.7 Å². The average molecular weight is 403 g/mol. The number of imidazole rings is 1. The van der Waals surface area contributed by atoms with Crippen LogP contribution in [0.4, 0.5) is 10.1 Å². The molecule has 8 heteroatoms. The molecule has 30 heavy (non-hydrogen) atoms. The lowest BCUT2D eigenvalue weighted by molar-refractivity contribution is 0.191. The Morgan fingerprint density at radius 1 is 1.30 bits per heavy atom. The second-order valence-electron chi connectivity index (χ2n) is 6.93. The second kappa shape index (κ2) is 7.81. The first-order valence-electron chi connectivity index (χ1n) is 9.26. The summed E-state index contributed by atoms with van der Waals surface area (Å²) in [6.45, 7) is 1.91. The number of aliphatic hydroxyl groups excluding tert-OH is 1. The molecule has 4 rings (SSSR count). The van der Waals surface area contributed by atoms with Gasteiger partial charge in [0.15, 0.2) is 0 Å². The number of pyridine rings is 1. The molecule has 0 fully saturated rings. The Morgan fingerprint density at radius 2 is 2.13 bits per heavy atom. The van der Waals surface area contributed by atoms with E-state index < -0.39 is 11.9 Å². The van der Waals surface area contributed by atoms with Crippen LogP contribution in [0.15, 0.2) is 53.5 Å². The van der Waals surface area contributed by atoms with Crippen molar-refractivity contribution in [2.75, 3.05) is 11.9 Å². The number of aliphatic hydroxyl groups is 1. The van der Waals surface area contributed by atoms with Gasteiger partial charge in [-0.2, -0.15) is 5.26 Å². The normalized spacial score (nSPS) is 11.9. The van der Waals surface area contributed by atoms with E-state index in [0.717, 1.165) is 5.56 Å². The number of hydrogen-bond donors (Lipinski definition) is 4. The van der Waals surface area contributed by atoms with Crippen molar-refractivity contribution in [2.24, 2.45) is 0 Å². The van der Waals surface area contributed by atoms with E-state index in [9.17, 15) is 19.6 Å². The molecule has 0 amide bonds. The van der Waals surface area contributed by atoms with E-state index in [-0.39, 0.29) is 17.7 Å². The summed E-state index contributed by atoms with van der Waals surface area (Å²) >= 11 is 0. The molecule has 2 aromatic carbocycles. The number of hydrogen-bond acceptors (Lipinski definition) is 5. The molecule has 0 bridgehead atoms. The van der Waals surface area contributed by atoms with E-state index >= 15 is 0 Å². The Labute approximate surface area is 170 Å². The van der Waals surface area contributed by atoms with Gasteiger partial charge in [0.25, 0.3) is 5.56 Å². The molecule has 4 N–H and O–H groups in total. The molecule has 2 heterocycles. The molecular formula is C22H18FN5O2. The summed E-state index contributed by atoms with van der Waals surface area (Å²) in [5.41, 5.74) is 3.43. The van der Waals surface area contributed by atoms with Crippen LogP contribution in [0.2, 0.25) is 0 Å². The Hall–Kier alpha value is -3.96. The number of rotatable bonds is 5. The predicted molar refractivity (Wildman–Crippen MR) is 111 cm³/mol. The largest absolute Gasteiger partial charge is 0.387 e. The molecule has 0 radical (unpaired) electrons. The van der Waals surface area contributed by atoms with Crippen LogP contribution < -0.4 is 10.9 Å². The van der Waals surface area contributed by atoms with E-state index in [4.69, 9.17) is 0 Å². The summed E-state index contributed by atoms with van der Waals surface area (Å²) in [6.07, 6.45) is 0.522. The highest BCUT2D eigenvalue weighted by molar-refractivity contribution is 5.85. The minimum Gasteiger partial charge on any atom is -0.387 e. The molecule has 150 valence electrons. The van der Waals surface area contributed by atoms with E-state index in [0.29, 0.717) is 33.7 Å². The van der Waals surface area contributed by atoms with Crippen LogP contribution in [-0.2, 0) is 0 Å². The van der Waals surface area contributed by atoms with Crippen molar-refractivity contribution in [2.45, 2.75) is 13.0 Å². The standard InChI is InChI=1S/C22H18FN5O2/c1-12-7-13(10-24)8-17-20(12)28-21(27-17)19-16(5-6-25-22(19)30)26-11-18(29)14-3-2-4-15(23)9-14/h2-9,18,29H,11H2,1H3,(H,27,28)(H2,25,26,30). The van der Waals surface area contributed by atoms with Crippen LogP contribution >= 0.6 is 0 Å². The van der Waals surface area contributed by atoms with Gasteiger partial charge in [-0.3, -0.25) is 4.79 Å². The van der Waals surface area contributed by atoms with Gasteiger partial charge in [-0.25, -0.2) is 9.37 Å². The Bertz CT molecular complexity index is 1340. The fourth-order valence-corrected chi connectivity index (χ4v) is 3.37. The first kappa shape index (κ1) is 19.4. The molecule has 7 nitrogen and oxygen atoms in total. The third-order valence-electron chi connectivity index (χ3n) is 4.82. The molecule has 1 atom stereocenters. The van der Waals surface area contributed by atoms with E-state index in [1.165, 1.54) is 24.4 Å². The van der Waals surface area contributed by atoms with Gasteiger partial charge in [0.2, 0.25) is 0 Å². The summed E-state index contributed by atoms with van der Waals surface area (Å²) in [5, 5.41) is 22.6. The highest BCUT2D eigenvalue weighted by Crippen LogP contribution is 2.27. The lowest BCUT2D eigenvalue weighted by Gasteiger charge is -2.15. The zero-order valence-corrected chi connectivity index (χ0v) is 16.0. The van der Waals surface area contributed by atoms with Crippen molar-refractivity contribution in [3.63, 3.8) is 0 Å². The van der Waals surface area contributed by atoms with Crippen molar-refractivity contribution in [3.05, 3.63) is 81.5 Å². The van der Waals surface area contributed by atoms with Crippen molar-refractivity contribution < 1.29 is 9.50 Å². The Balaban J connectivity index is 1.69. The SMILES string of the molecule is Cc1cc(C#N)cc2[nH]c(-c3c(NCC(O)c4cccc(F)c4)cc[nH]c3=O)nc12. The number of benzene rings is 2. The fourth-order valence-electron chi connectivity index (χ4n) is 3.37. The lowest BCUT2D eigenvalue weighted by Crippen LogP contribution is -2.17. The molecular weight excluding hydrogens is 385 g/mol. The van der Waals surface area contributed by atoms with Crippen LogP contribution in [0.3, 0.4) is 0 Å². The van der Waals surface area contributed by atoms with Gasteiger partial charge < -0.3 is 20.4 Å². The zero-order chi connectivity index (χ0) is 21.3. The van der Waals surface area contributed by atoms with Crippen LogP contribution in [-0.4, -0.2) is 26.6 Å². The molecule has 2 aromatic heterocycles. The Morgan fingerprint density at radius 3 is 2.90 bits per heavy atom. The van der Waals surface area contributed by atoms with Crippen LogP contribution in [0.5, 0.6) is 0 Å². The van der Waals surface area contributed by atoms with Gasteiger partial charge in [-0.1, -0.05) is 12.1 Å². The summed E-state index contributed by atoms with van der Waals surface area (Å²) in [6, 6.07) is 12.9. The van der Waals surface area contributed by atoms with Crippen molar-refractivity contribution in [3.8, 4) is 17.5 Å². The monoisotopic (exact) mass is 403 g/mol. The van der Waals surface area contributed by atoms with Gasteiger partial charge >= 0.3 is 0 Å². The number of H-pyrrole nitrogens is 2. The molecule has 0 saturated heterocycles. The number of aromatic amines is 2. The van der Waals surface area contributed by atoms with E-state index in [1.54, 1.807) is 24.3 Å². The van der Waals surface area contributed by atoms with E-state index in [1.807, 2.05) is 6.92 Å². The fraction of sp³-hybridized carbons (Fsp3) is 0.136. The maximum absolute atomic E-state index is 13.4. The van der Waals surface area contributed by atoms with Crippen LogP contribution in [0.1, 0.15) is 22.8 Å². The maximum atomic E-state index is 13.4. The van der Waals surface area contributed by atoms with Gasteiger partial charge in [0.1, 0.15) is 17.2 Å². The topological polar surface area (TPSA) is 118 Å². The maximum Gasteiger partial charge on any atom is 0.261 e. The first-order chi connectivity index (χ1) is 14.5. The quantitative estimate of drug-likeness (QED) is 0.407. The number of anilines is 1. The predicted octanol–water partition coefficient (Wildman–Crippen LogP) is 3.38. The summed E-state index contributed by atoms with van der Waals surface area (Å²) in [4.78, 5) is 22.8. The van der Waals surface area contributed by atoms with Crippen molar-refractivity contribution >= 4 is 16.7 Å². The third-order valence-corrected chi connectivity index (χ3v) is 4.82.